The van der Waals surface area contributed by atoms with E-state index in [4.69, 9.17) is 5.73 Å². The SMILES string of the molecule is CC1CCN(CCCNC(=O)c2csc(CN)n2)CC1.Cl.Cl. The number of carbonyl (C=O) groups excluding carboxylic acids is 1. The molecule has 1 aromatic rings. The van der Waals surface area contributed by atoms with E-state index >= 15 is 0 Å². The van der Waals surface area contributed by atoms with Gasteiger partial charge in [0, 0.05) is 18.5 Å². The molecular weight excluding hydrogens is 343 g/mol. The van der Waals surface area contributed by atoms with Crippen LogP contribution in [0.2, 0.25) is 0 Å². The number of nitrogens with two attached hydrogens (primary N) is 1. The van der Waals surface area contributed by atoms with Crippen molar-refractivity contribution in [1.29, 1.82) is 0 Å². The molecule has 128 valence electrons. The molecule has 2 rings (SSSR count). The second-order valence-corrected chi connectivity index (χ2v) is 6.41. The summed E-state index contributed by atoms with van der Waals surface area (Å²) in [5.41, 5.74) is 5.98. The van der Waals surface area contributed by atoms with E-state index in [0.717, 1.165) is 23.9 Å². The summed E-state index contributed by atoms with van der Waals surface area (Å²) in [4.78, 5) is 18.5. The monoisotopic (exact) mass is 368 g/mol. The first kappa shape index (κ1) is 21.6. The molecule has 1 fully saturated rings. The van der Waals surface area contributed by atoms with Crippen molar-refractivity contribution in [2.45, 2.75) is 32.7 Å². The highest BCUT2D eigenvalue weighted by Crippen LogP contribution is 2.15. The molecule has 0 saturated carbocycles. The van der Waals surface area contributed by atoms with Crippen LogP contribution >= 0.6 is 36.2 Å². The van der Waals surface area contributed by atoms with Gasteiger partial charge < -0.3 is 16.0 Å². The Morgan fingerprint density at radius 2 is 2.14 bits per heavy atom. The van der Waals surface area contributed by atoms with Crippen LogP contribution in [0.5, 0.6) is 0 Å². The average Bonchev–Trinajstić information content (AvgIpc) is 2.94. The maximum Gasteiger partial charge on any atom is 0.270 e. The third-order valence-electron chi connectivity index (χ3n) is 3.77. The largest absolute Gasteiger partial charge is 0.351 e. The van der Waals surface area contributed by atoms with Gasteiger partial charge in [0.05, 0.1) is 0 Å². The standard InChI is InChI=1S/C14H24N4OS.2ClH/c1-11-3-7-18(8-4-11)6-2-5-16-14(19)12-10-20-13(9-15)17-12;;/h10-11H,2-9,15H2,1H3,(H,16,19);2*1H. The van der Waals surface area contributed by atoms with Crippen LogP contribution in [0.15, 0.2) is 5.38 Å². The molecule has 1 aromatic heterocycles. The summed E-state index contributed by atoms with van der Waals surface area (Å²) in [6, 6.07) is 0. The van der Waals surface area contributed by atoms with Crippen LogP contribution in [0, 0.1) is 5.92 Å². The smallest absolute Gasteiger partial charge is 0.270 e. The van der Waals surface area contributed by atoms with E-state index in [9.17, 15) is 4.79 Å². The summed E-state index contributed by atoms with van der Waals surface area (Å²) in [7, 11) is 0. The minimum atomic E-state index is -0.0896. The number of hydrogen-bond acceptors (Lipinski definition) is 5. The minimum Gasteiger partial charge on any atom is -0.351 e. The molecule has 0 radical (unpaired) electrons. The molecular formula is C14H26Cl2N4OS. The highest BCUT2D eigenvalue weighted by Gasteiger charge is 2.15. The third-order valence-corrected chi connectivity index (χ3v) is 4.64. The van der Waals surface area contributed by atoms with Gasteiger partial charge in [-0.2, -0.15) is 0 Å². The van der Waals surface area contributed by atoms with Gasteiger partial charge in [0.25, 0.3) is 5.91 Å². The normalized spacial score (nSPS) is 15.7. The van der Waals surface area contributed by atoms with Gasteiger partial charge in [-0.25, -0.2) is 4.98 Å². The fraction of sp³-hybridized carbons (Fsp3) is 0.714. The Balaban J connectivity index is 0.00000220. The Morgan fingerprint density at radius 3 is 2.73 bits per heavy atom. The first-order chi connectivity index (χ1) is 9.69. The van der Waals surface area contributed by atoms with Crippen molar-refractivity contribution in [3.8, 4) is 0 Å². The van der Waals surface area contributed by atoms with Gasteiger partial charge in [-0.3, -0.25) is 4.79 Å². The molecule has 22 heavy (non-hydrogen) atoms. The number of halogens is 2. The number of amides is 1. The van der Waals surface area contributed by atoms with Crippen LogP contribution in [0.3, 0.4) is 0 Å². The van der Waals surface area contributed by atoms with Crippen molar-refractivity contribution in [3.63, 3.8) is 0 Å². The van der Waals surface area contributed by atoms with E-state index in [2.05, 4.69) is 22.1 Å². The minimum absolute atomic E-state index is 0. The van der Waals surface area contributed by atoms with Crippen molar-refractivity contribution in [2.75, 3.05) is 26.2 Å². The molecule has 0 aliphatic carbocycles. The third kappa shape index (κ3) is 6.79. The molecule has 5 nitrogen and oxygen atoms in total. The highest BCUT2D eigenvalue weighted by atomic mass is 35.5. The molecule has 2 heterocycles. The number of thiazole rings is 1. The van der Waals surface area contributed by atoms with Crippen molar-refractivity contribution in [1.82, 2.24) is 15.2 Å². The first-order valence-corrected chi connectivity index (χ1v) is 8.22. The Labute approximate surface area is 148 Å². The Kier molecular flexibility index (Phi) is 11.0. The lowest BCUT2D eigenvalue weighted by Gasteiger charge is -2.30. The number of nitrogens with one attached hydrogen (secondary N) is 1. The van der Waals surface area contributed by atoms with Crippen LogP contribution in [-0.2, 0) is 6.54 Å². The quantitative estimate of drug-likeness (QED) is 0.755. The number of carbonyl (C=O) groups is 1. The van der Waals surface area contributed by atoms with Gasteiger partial charge in [0.2, 0.25) is 0 Å². The average molecular weight is 369 g/mol. The molecule has 0 spiro atoms. The lowest BCUT2D eigenvalue weighted by Crippen LogP contribution is -2.35. The molecule has 1 aliphatic rings. The number of likely N-dealkylation sites (tertiary alicyclic amines) is 1. The molecule has 0 atom stereocenters. The summed E-state index contributed by atoms with van der Waals surface area (Å²) in [6.45, 7) is 6.88. The Hall–Kier alpha value is -0.400. The molecule has 8 heteroatoms. The number of nitrogens with zero attached hydrogens (tertiary/aromatic N) is 2. The highest BCUT2D eigenvalue weighted by molar-refractivity contribution is 7.09. The van der Waals surface area contributed by atoms with E-state index in [1.807, 2.05) is 0 Å². The summed E-state index contributed by atoms with van der Waals surface area (Å²) in [6.07, 6.45) is 3.59. The van der Waals surface area contributed by atoms with Gasteiger partial charge >= 0.3 is 0 Å². The number of piperidine rings is 1. The van der Waals surface area contributed by atoms with Crippen LogP contribution in [0.4, 0.5) is 0 Å². The van der Waals surface area contributed by atoms with E-state index < -0.39 is 0 Å². The second-order valence-electron chi connectivity index (χ2n) is 5.46. The molecule has 0 unspecified atom stereocenters. The lowest BCUT2D eigenvalue weighted by molar-refractivity contribution is 0.0946. The molecule has 1 amide bonds. The van der Waals surface area contributed by atoms with Crippen molar-refractivity contribution in [2.24, 2.45) is 11.7 Å². The maximum atomic E-state index is 11.8. The summed E-state index contributed by atoms with van der Waals surface area (Å²) < 4.78 is 0. The summed E-state index contributed by atoms with van der Waals surface area (Å²) in [5, 5.41) is 5.49. The molecule has 1 aliphatic heterocycles. The van der Waals surface area contributed by atoms with E-state index in [-0.39, 0.29) is 30.7 Å². The van der Waals surface area contributed by atoms with Crippen LogP contribution in [0.25, 0.3) is 0 Å². The van der Waals surface area contributed by atoms with Crippen molar-refractivity contribution >= 4 is 42.1 Å². The molecule has 0 bridgehead atoms. The molecule has 0 aromatic carbocycles. The fourth-order valence-electron chi connectivity index (χ4n) is 2.39. The van der Waals surface area contributed by atoms with E-state index in [1.54, 1.807) is 5.38 Å². The predicted octanol–water partition coefficient (Wildman–Crippen LogP) is 2.30. The van der Waals surface area contributed by atoms with Gasteiger partial charge in [-0.15, -0.1) is 36.2 Å². The van der Waals surface area contributed by atoms with Crippen LogP contribution < -0.4 is 11.1 Å². The zero-order valence-electron chi connectivity index (χ0n) is 12.9. The summed E-state index contributed by atoms with van der Waals surface area (Å²) >= 11 is 1.43. The van der Waals surface area contributed by atoms with Gasteiger partial charge in [0.15, 0.2) is 0 Å². The Morgan fingerprint density at radius 1 is 1.45 bits per heavy atom. The summed E-state index contributed by atoms with van der Waals surface area (Å²) in [5.74, 6) is 0.778. The van der Waals surface area contributed by atoms with E-state index in [0.29, 0.717) is 18.8 Å². The maximum absolute atomic E-state index is 11.8. The number of hydrogen-bond donors (Lipinski definition) is 2. The number of rotatable bonds is 6. The van der Waals surface area contributed by atoms with Crippen molar-refractivity contribution < 1.29 is 4.79 Å². The van der Waals surface area contributed by atoms with Gasteiger partial charge in [-0.1, -0.05) is 6.92 Å². The van der Waals surface area contributed by atoms with Gasteiger partial charge in [0.1, 0.15) is 10.7 Å². The Bertz CT molecular complexity index is 436. The zero-order chi connectivity index (χ0) is 14.4. The van der Waals surface area contributed by atoms with Crippen LogP contribution in [0.1, 0.15) is 41.7 Å². The second kappa shape index (κ2) is 11.2. The predicted molar refractivity (Wildman–Crippen MR) is 96.3 cm³/mol. The van der Waals surface area contributed by atoms with Gasteiger partial charge in [-0.05, 0) is 44.8 Å². The van der Waals surface area contributed by atoms with Crippen molar-refractivity contribution in [3.05, 3.63) is 16.1 Å². The fourth-order valence-corrected chi connectivity index (χ4v) is 3.04. The van der Waals surface area contributed by atoms with E-state index in [1.165, 1.54) is 37.3 Å². The van der Waals surface area contributed by atoms with Crippen LogP contribution in [-0.4, -0.2) is 42.0 Å². The number of aromatic nitrogens is 1. The topological polar surface area (TPSA) is 71.2 Å². The first-order valence-electron chi connectivity index (χ1n) is 7.34. The molecule has 1 saturated heterocycles. The lowest BCUT2D eigenvalue weighted by atomic mass is 9.99. The zero-order valence-corrected chi connectivity index (χ0v) is 15.4. The molecule has 3 N–H and O–H groups in total.